The topological polar surface area (TPSA) is 62.3 Å². The fraction of sp³-hybridized carbons (Fsp3) is 0.227. The highest BCUT2D eigenvalue weighted by atomic mass is 35.5. The number of fused-ring (bicyclic) bond motifs is 1. The molecule has 0 radical (unpaired) electrons. The van der Waals surface area contributed by atoms with Crippen LogP contribution in [0.3, 0.4) is 0 Å². The van der Waals surface area contributed by atoms with Crippen molar-refractivity contribution in [3.05, 3.63) is 70.9 Å². The van der Waals surface area contributed by atoms with Gasteiger partial charge in [-0.05, 0) is 66.8 Å². The van der Waals surface area contributed by atoms with Crippen molar-refractivity contribution in [3.63, 3.8) is 0 Å². The molecule has 8 heteroatoms. The first kappa shape index (κ1) is 20.2. The van der Waals surface area contributed by atoms with Gasteiger partial charge in [-0.1, -0.05) is 11.6 Å². The van der Waals surface area contributed by atoms with E-state index in [1.165, 1.54) is 29.2 Å². The monoisotopic (exact) mass is 429 g/mol. The number of hydrogen-bond donors (Lipinski definition) is 1. The Balaban J connectivity index is 1.42. The number of nitrogens with one attached hydrogen (secondary N) is 1. The van der Waals surface area contributed by atoms with E-state index >= 15 is 0 Å². The van der Waals surface area contributed by atoms with Crippen LogP contribution < -0.4 is 5.32 Å². The summed E-state index contributed by atoms with van der Waals surface area (Å²) in [6.07, 6.45) is 2.95. The molecule has 0 saturated carbocycles. The van der Waals surface area contributed by atoms with Crippen LogP contribution in [0.2, 0.25) is 5.02 Å². The first-order chi connectivity index (χ1) is 14.4. The van der Waals surface area contributed by atoms with Gasteiger partial charge in [0.25, 0.3) is 0 Å². The Kier molecular flexibility index (Phi) is 5.63. The van der Waals surface area contributed by atoms with E-state index < -0.39 is 17.6 Å². The smallest absolute Gasteiger partial charge is 0.313 e. The molecule has 1 saturated heterocycles. The number of carbonyl (C=O) groups excluding carboxylic acids is 2. The molecule has 3 aromatic rings. The number of likely N-dealkylation sites (tertiary alicyclic amines) is 1. The molecule has 1 aliphatic heterocycles. The number of rotatable bonds is 2. The van der Waals surface area contributed by atoms with Gasteiger partial charge in [0, 0.05) is 29.7 Å². The standard InChI is InChI=1S/C22H18ClF2N3O2/c23-14-1-3-20(18(25)11-14)27-21(29)22(30)28-9-6-13(7-10-28)16-5-8-26-19-4-2-15(24)12-17(16)19/h1-5,8,11-13H,6-7,9-10H2,(H,27,29). The maximum absolute atomic E-state index is 13.9. The third-order valence-corrected chi connectivity index (χ3v) is 5.57. The molecule has 2 aromatic carbocycles. The van der Waals surface area contributed by atoms with E-state index in [0.29, 0.717) is 25.9 Å². The van der Waals surface area contributed by atoms with E-state index in [9.17, 15) is 18.4 Å². The number of aromatic nitrogens is 1. The largest absolute Gasteiger partial charge is 0.334 e. The summed E-state index contributed by atoms with van der Waals surface area (Å²) in [6, 6.07) is 10.2. The summed E-state index contributed by atoms with van der Waals surface area (Å²) in [7, 11) is 0. The van der Waals surface area contributed by atoms with Gasteiger partial charge in [-0.2, -0.15) is 0 Å². The van der Waals surface area contributed by atoms with Crippen LogP contribution in [0.4, 0.5) is 14.5 Å². The van der Waals surface area contributed by atoms with Crippen LogP contribution in [0.25, 0.3) is 10.9 Å². The van der Waals surface area contributed by atoms with Crippen LogP contribution >= 0.6 is 11.6 Å². The van der Waals surface area contributed by atoms with Gasteiger partial charge in [0.1, 0.15) is 11.6 Å². The van der Waals surface area contributed by atoms with Crippen molar-refractivity contribution in [1.29, 1.82) is 0 Å². The van der Waals surface area contributed by atoms with Gasteiger partial charge >= 0.3 is 11.8 Å². The molecule has 0 atom stereocenters. The predicted molar refractivity (Wildman–Crippen MR) is 110 cm³/mol. The fourth-order valence-corrected chi connectivity index (χ4v) is 3.96. The Bertz CT molecular complexity index is 1130. The maximum atomic E-state index is 13.9. The normalized spacial score (nSPS) is 14.7. The lowest BCUT2D eigenvalue weighted by Gasteiger charge is -2.32. The number of anilines is 1. The lowest BCUT2D eigenvalue weighted by molar-refractivity contribution is -0.143. The Morgan fingerprint density at radius 1 is 1.07 bits per heavy atom. The second-order valence-corrected chi connectivity index (χ2v) is 7.64. The van der Waals surface area contributed by atoms with Gasteiger partial charge in [-0.15, -0.1) is 0 Å². The zero-order chi connectivity index (χ0) is 21.3. The van der Waals surface area contributed by atoms with Gasteiger partial charge in [0.05, 0.1) is 11.2 Å². The van der Waals surface area contributed by atoms with E-state index in [4.69, 9.17) is 11.6 Å². The first-order valence-corrected chi connectivity index (χ1v) is 9.89. The highest BCUT2D eigenvalue weighted by Crippen LogP contribution is 2.32. The maximum Gasteiger partial charge on any atom is 0.313 e. The molecular weight excluding hydrogens is 412 g/mol. The molecule has 4 rings (SSSR count). The summed E-state index contributed by atoms with van der Waals surface area (Å²) in [6.45, 7) is 0.748. The average molecular weight is 430 g/mol. The van der Waals surface area contributed by atoms with Crippen LogP contribution in [0.5, 0.6) is 0 Å². The molecule has 1 fully saturated rings. The minimum Gasteiger partial charge on any atom is -0.334 e. The summed E-state index contributed by atoms with van der Waals surface area (Å²) in [5.74, 6) is -2.52. The Hall–Kier alpha value is -3.06. The van der Waals surface area contributed by atoms with Crippen molar-refractivity contribution in [1.82, 2.24) is 9.88 Å². The summed E-state index contributed by atoms with van der Waals surface area (Å²) in [4.78, 5) is 30.5. The summed E-state index contributed by atoms with van der Waals surface area (Å²) >= 11 is 5.69. The quantitative estimate of drug-likeness (QED) is 0.609. The van der Waals surface area contributed by atoms with E-state index in [1.54, 1.807) is 12.3 Å². The number of nitrogens with zero attached hydrogens (tertiary/aromatic N) is 2. The zero-order valence-electron chi connectivity index (χ0n) is 15.9. The molecule has 1 N–H and O–H groups in total. The number of hydrogen-bond acceptors (Lipinski definition) is 3. The highest BCUT2D eigenvalue weighted by molar-refractivity contribution is 6.39. The molecule has 1 aliphatic rings. The minimum atomic E-state index is -0.897. The number of piperidine rings is 1. The molecule has 0 spiro atoms. The first-order valence-electron chi connectivity index (χ1n) is 9.52. The Morgan fingerprint density at radius 3 is 2.57 bits per heavy atom. The Labute approximate surface area is 176 Å². The molecule has 154 valence electrons. The number of pyridine rings is 1. The van der Waals surface area contributed by atoms with Crippen LogP contribution in [0.15, 0.2) is 48.7 Å². The van der Waals surface area contributed by atoms with Gasteiger partial charge in [0.15, 0.2) is 0 Å². The van der Waals surface area contributed by atoms with Gasteiger partial charge in [0.2, 0.25) is 0 Å². The van der Waals surface area contributed by atoms with Crippen molar-refractivity contribution < 1.29 is 18.4 Å². The second-order valence-electron chi connectivity index (χ2n) is 7.21. The molecule has 0 aliphatic carbocycles. The lowest BCUT2D eigenvalue weighted by atomic mass is 9.87. The molecule has 0 bridgehead atoms. The van der Waals surface area contributed by atoms with E-state index in [1.807, 2.05) is 6.07 Å². The molecule has 1 aromatic heterocycles. The van der Waals surface area contributed by atoms with Crippen molar-refractivity contribution in [2.45, 2.75) is 18.8 Å². The van der Waals surface area contributed by atoms with Gasteiger partial charge < -0.3 is 10.2 Å². The Morgan fingerprint density at radius 2 is 1.83 bits per heavy atom. The average Bonchev–Trinajstić information content (AvgIpc) is 2.75. The molecule has 30 heavy (non-hydrogen) atoms. The van der Waals surface area contributed by atoms with Gasteiger partial charge in [-0.3, -0.25) is 14.6 Å². The third kappa shape index (κ3) is 4.11. The molecule has 5 nitrogen and oxygen atoms in total. The van der Waals surface area contributed by atoms with E-state index in [-0.39, 0.29) is 22.4 Å². The van der Waals surface area contributed by atoms with Crippen molar-refractivity contribution >= 4 is 40.0 Å². The number of benzene rings is 2. The molecule has 2 heterocycles. The third-order valence-electron chi connectivity index (χ3n) is 5.33. The van der Waals surface area contributed by atoms with Crippen molar-refractivity contribution in [2.24, 2.45) is 0 Å². The van der Waals surface area contributed by atoms with Crippen LogP contribution in [-0.4, -0.2) is 34.8 Å². The second kappa shape index (κ2) is 8.36. The zero-order valence-corrected chi connectivity index (χ0v) is 16.6. The number of halogens is 3. The van der Waals surface area contributed by atoms with Crippen molar-refractivity contribution in [2.75, 3.05) is 18.4 Å². The molecule has 2 amide bonds. The number of amides is 2. The summed E-state index contributed by atoms with van der Waals surface area (Å²) in [5.41, 5.74) is 1.61. The van der Waals surface area contributed by atoms with Crippen molar-refractivity contribution in [3.8, 4) is 0 Å². The number of carbonyl (C=O) groups is 2. The van der Waals surface area contributed by atoms with Crippen LogP contribution in [0, 0.1) is 11.6 Å². The van der Waals surface area contributed by atoms with E-state index in [0.717, 1.165) is 22.5 Å². The van der Waals surface area contributed by atoms with Crippen LogP contribution in [-0.2, 0) is 9.59 Å². The van der Waals surface area contributed by atoms with E-state index in [2.05, 4.69) is 10.3 Å². The van der Waals surface area contributed by atoms with Crippen LogP contribution in [0.1, 0.15) is 24.3 Å². The molecular formula is C22H18ClF2N3O2. The summed E-state index contributed by atoms with van der Waals surface area (Å²) < 4.78 is 27.6. The SMILES string of the molecule is O=C(Nc1ccc(Cl)cc1F)C(=O)N1CCC(c2ccnc3ccc(F)cc23)CC1. The molecule has 0 unspecified atom stereocenters. The predicted octanol–water partition coefficient (Wildman–Crippen LogP) is 4.51. The minimum absolute atomic E-state index is 0.0992. The fourth-order valence-electron chi connectivity index (χ4n) is 3.80. The summed E-state index contributed by atoms with van der Waals surface area (Å²) in [5, 5.41) is 3.25. The lowest BCUT2D eigenvalue weighted by Crippen LogP contribution is -2.43. The van der Waals surface area contributed by atoms with Gasteiger partial charge in [-0.25, -0.2) is 8.78 Å². The highest BCUT2D eigenvalue weighted by Gasteiger charge is 2.29.